The molecule has 21 heavy (non-hydrogen) atoms. The van der Waals surface area contributed by atoms with Crippen LogP contribution >= 0.6 is 0 Å². The van der Waals surface area contributed by atoms with Gasteiger partial charge in [-0.2, -0.15) is 5.10 Å². The topological polar surface area (TPSA) is 79.1 Å². The number of nitrogens with two attached hydrogens (primary N) is 1. The number of fused-ring (bicyclic) bond motifs is 2. The molecular formula is C15H16N4O2. The van der Waals surface area contributed by atoms with Gasteiger partial charge in [-0.1, -0.05) is 5.16 Å². The molecule has 108 valence electrons. The Balaban J connectivity index is 1.99. The van der Waals surface area contributed by atoms with E-state index in [1.54, 1.807) is 13.3 Å². The molecule has 1 unspecified atom stereocenters. The van der Waals surface area contributed by atoms with Crippen molar-refractivity contribution in [1.29, 1.82) is 0 Å². The number of nitrogens with zero attached hydrogens (tertiary/aromatic N) is 3. The molecule has 0 amide bonds. The fourth-order valence-corrected chi connectivity index (χ4v) is 3.30. The zero-order valence-corrected chi connectivity index (χ0v) is 11.7. The lowest BCUT2D eigenvalue weighted by atomic mass is 9.86. The Bertz CT molecular complexity index is 792. The molecule has 0 saturated heterocycles. The van der Waals surface area contributed by atoms with Gasteiger partial charge in [-0.15, -0.1) is 0 Å². The van der Waals surface area contributed by atoms with Crippen LogP contribution in [0, 0.1) is 0 Å². The van der Waals surface area contributed by atoms with Gasteiger partial charge in [0.15, 0.2) is 11.4 Å². The molecule has 3 aromatic rings. The molecule has 2 N–H and O–H groups in total. The van der Waals surface area contributed by atoms with Gasteiger partial charge >= 0.3 is 0 Å². The number of nitrogen functional groups attached to an aromatic ring is 1. The predicted octanol–water partition coefficient (Wildman–Crippen LogP) is 2.54. The SMILES string of the molecule is COc1c2c(cc3onc(N)c13)C(n1cccn1)CCC2. The predicted molar refractivity (Wildman–Crippen MR) is 78.3 cm³/mol. The average molecular weight is 284 g/mol. The Morgan fingerprint density at radius 2 is 2.38 bits per heavy atom. The summed E-state index contributed by atoms with van der Waals surface area (Å²) in [4.78, 5) is 0. The van der Waals surface area contributed by atoms with Gasteiger partial charge in [0.05, 0.1) is 13.2 Å². The zero-order chi connectivity index (χ0) is 14.4. The molecule has 0 radical (unpaired) electrons. The highest BCUT2D eigenvalue weighted by molar-refractivity contribution is 5.95. The summed E-state index contributed by atoms with van der Waals surface area (Å²) in [6.07, 6.45) is 6.90. The first-order chi connectivity index (χ1) is 10.3. The molecule has 0 aliphatic heterocycles. The van der Waals surface area contributed by atoms with E-state index in [2.05, 4.69) is 10.3 Å². The fraction of sp³-hybridized carbons (Fsp3) is 0.333. The molecule has 1 atom stereocenters. The van der Waals surface area contributed by atoms with Crippen LogP contribution < -0.4 is 10.5 Å². The number of benzene rings is 1. The average Bonchev–Trinajstić information content (AvgIpc) is 3.15. The number of anilines is 1. The molecule has 6 nitrogen and oxygen atoms in total. The van der Waals surface area contributed by atoms with Crippen molar-refractivity contribution >= 4 is 16.8 Å². The summed E-state index contributed by atoms with van der Waals surface area (Å²) < 4.78 is 12.9. The first-order valence-corrected chi connectivity index (χ1v) is 7.03. The van der Waals surface area contributed by atoms with E-state index in [-0.39, 0.29) is 6.04 Å². The van der Waals surface area contributed by atoms with Crippen LogP contribution in [0.3, 0.4) is 0 Å². The van der Waals surface area contributed by atoms with Gasteiger partial charge in [0, 0.05) is 18.0 Å². The summed E-state index contributed by atoms with van der Waals surface area (Å²) >= 11 is 0. The smallest absolute Gasteiger partial charge is 0.178 e. The summed E-state index contributed by atoms with van der Waals surface area (Å²) in [5, 5.41) is 9.02. The van der Waals surface area contributed by atoms with E-state index in [1.165, 1.54) is 11.1 Å². The lowest BCUT2D eigenvalue weighted by Gasteiger charge is -2.27. The van der Waals surface area contributed by atoms with E-state index in [4.69, 9.17) is 15.0 Å². The van der Waals surface area contributed by atoms with E-state index in [0.29, 0.717) is 11.4 Å². The van der Waals surface area contributed by atoms with Crippen LogP contribution in [0.15, 0.2) is 29.0 Å². The summed E-state index contributed by atoms with van der Waals surface area (Å²) in [6.45, 7) is 0. The highest BCUT2D eigenvalue weighted by atomic mass is 16.5. The Morgan fingerprint density at radius 3 is 3.14 bits per heavy atom. The van der Waals surface area contributed by atoms with Gasteiger partial charge in [0.2, 0.25) is 0 Å². The number of hydrogen-bond acceptors (Lipinski definition) is 5. The molecule has 0 spiro atoms. The molecule has 1 aromatic carbocycles. The summed E-state index contributed by atoms with van der Waals surface area (Å²) in [6, 6.07) is 4.17. The van der Waals surface area contributed by atoms with Crippen LogP contribution in [-0.2, 0) is 6.42 Å². The number of rotatable bonds is 2. The second-order valence-electron chi connectivity index (χ2n) is 5.31. The van der Waals surface area contributed by atoms with Crippen molar-refractivity contribution in [2.24, 2.45) is 0 Å². The molecule has 1 aliphatic rings. The fourth-order valence-electron chi connectivity index (χ4n) is 3.30. The second kappa shape index (κ2) is 4.51. The van der Waals surface area contributed by atoms with E-state index < -0.39 is 0 Å². The maximum atomic E-state index is 5.91. The van der Waals surface area contributed by atoms with Crippen LogP contribution in [0.5, 0.6) is 5.75 Å². The molecule has 1 aliphatic carbocycles. The van der Waals surface area contributed by atoms with Crippen LogP contribution in [0.1, 0.15) is 30.0 Å². The zero-order valence-electron chi connectivity index (χ0n) is 11.7. The van der Waals surface area contributed by atoms with Crippen molar-refractivity contribution in [3.63, 3.8) is 0 Å². The van der Waals surface area contributed by atoms with Crippen LogP contribution in [0.25, 0.3) is 11.0 Å². The standard InChI is InChI=1S/C15H16N4O2/c1-20-14-9-4-2-5-11(19-7-3-6-17-19)10(9)8-12-13(14)15(16)18-21-12/h3,6-8,11H,2,4-5H2,1H3,(H2,16,18). The van der Waals surface area contributed by atoms with Crippen LogP contribution in [-0.4, -0.2) is 22.0 Å². The lowest BCUT2D eigenvalue weighted by molar-refractivity contribution is 0.397. The first kappa shape index (κ1) is 12.3. The van der Waals surface area contributed by atoms with Crippen molar-refractivity contribution in [2.75, 3.05) is 12.8 Å². The maximum Gasteiger partial charge on any atom is 0.178 e. The quantitative estimate of drug-likeness (QED) is 0.782. The van der Waals surface area contributed by atoms with Crippen molar-refractivity contribution in [3.05, 3.63) is 35.7 Å². The molecule has 4 rings (SSSR count). The maximum absolute atomic E-state index is 5.91. The third-order valence-corrected chi connectivity index (χ3v) is 4.19. The summed E-state index contributed by atoms with van der Waals surface area (Å²) in [5.74, 6) is 1.17. The summed E-state index contributed by atoms with van der Waals surface area (Å²) in [7, 11) is 1.67. The van der Waals surface area contributed by atoms with E-state index in [9.17, 15) is 0 Å². The third kappa shape index (κ3) is 1.72. The number of ether oxygens (including phenoxy) is 1. The Hall–Kier alpha value is -2.50. The monoisotopic (exact) mass is 284 g/mol. The van der Waals surface area contributed by atoms with Crippen LogP contribution in [0.2, 0.25) is 0 Å². The molecule has 0 fully saturated rings. The lowest BCUT2D eigenvalue weighted by Crippen LogP contribution is -2.18. The first-order valence-electron chi connectivity index (χ1n) is 7.03. The van der Waals surface area contributed by atoms with Gasteiger partial charge in [0.25, 0.3) is 0 Å². The van der Waals surface area contributed by atoms with E-state index >= 15 is 0 Å². The minimum atomic E-state index is 0.202. The van der Waals surface area contributed by atoms with Crippen molar-refractivity contribution < 1.29 is 9.26 Å². The minimum absolute atomic E-state index is 0.202. The van der Waals surface area contributed by atoms with Crippen molar-refractivity contribution in [2.45, 2.75) is 25.3 Å². The van der Waals surface area contributed by atoms with Crippen molar-refractivity contribution in [1.82, 2.24) is 14.9 Å². The summed E-state index contributed by atoms with van der Waals surface area (Å²) in [5.41, 5.74) is 8.95. The Kier molecular flexibility index (Phi) is 2.63. The van der Waals surface area contributed by atoms with Gasteiger partial charge < -0.3 is 15.0 Å². The molecule has 2 heterocycles. The van der Waals surface area contributed by atoms with Gasteiger partial charge in [-0.25, -0.2) is 0 Å². The molecule has 0 saturated carbocycles. The second-order valence-corrected chi connectivity index (χ2v) is 5.31. The third-order valence-electron chi connectivity index (χ3n) is 4.19. The largest absolute Gasteiger partial charge is 0.496 e. The van der Waals surface area contributed by atoms with Crippen LogP contribution in [0.4, 0.5) is 5.82 Å². The van der Waals surface area contributed by atoms with Gasteiger partial charge in [-0.05, 0) is 37.0 Å². The van der Waals surface area contributed by atoms with E-state index in [0.717, 1.165) is 30.4 Å². The number of hydrogen-bond donors (Lipinski definition) is 1. The highest BCUT2D eigenvalue weighted by Gasteiger charge is 2.28. The molecular weight excluding hydrogens is 268 g/mol. The molecule has 2 aromatic heterocycles. The normalized spacial score (nSPS) is 17.9. The minimum Gasteiger partial charge on any atom is -0.496 e. The number of aromatic nitrogens is 3. The number of methoxy groups -OCH3 is 1. The van der Waals surface area contributed by atoms with Gasteiger partial charge in [-0.3, -0.25) is 4.68 Å². The van der Waals surface area contributed by atoms with Crippen molar-refractivity contribution in [3.8, 4) is 5.75 Å². The molecule has 0 bridgehead atoms. The van der Waals surface area contributed by atoms with E-state index in [1.807, 2.05) is 23.0 Å². The Labute approximate surface area is 121 Å². The van der Waals surface area contributed by atoms with Gasteiger partial charge in [0.1, 0.15) is 11.1 Å². The molecule has 6 heteroatoms. The highest BCUT2D eigenvalue weighted by Crippen LogP contribution is 2.43. The Morgan fingerprint density at radius 1 is 1.48 bits per heavy atom.